The van der Waals surface area contributed by atoms with Gasteiger partial charge in [-0.2, -0.15) is 5.26 Å². The van der Waals surface area contributed by atoms with Gasteiger partial charge in [0.05, 0.1) is 51.0 Å². The number of nitrogens with zero attached hydrogens (tertiary/aromatic N) is 2. The highest BCUT2D eigenvalue weighted by molar-refractivity contribution is 8.25. The summed E-state index contributed by atoms with van der Waals surface area (Å²) in [6.45, 7) is 16.9. The molecule has 11 nitrogen and oxygen atoms in total. The van der Waals surface area contributed by atoms with E-state index in [2.05, 4.69) is 24.1 Å². The first-order chi connectivity index (χ1) is 26.6. The van der Waals surface area contributed by atoms with Gasteiger partial charge in [0.25, 0.3) is 0 Å². The van der Waals surface area contributed by atoms with Crippen LogP contribution in [-0.4, -0.2) is 37.1 Å². The van der Waals surface area contributed by atoms with Crippen LogP contribution in [0, 0.1) is 24.8 Å². The molecule has 274 valence electrons. The van der Waals surface area contributed by atoms with Crippen LogP contribution >= 0.6 is 23.5 Å². The van der Waals surface area contributed by atoms with Crippen LogP contribution in [0.5, 0.6) is 23.0 Å². The van der Waals surface area contributed by atoms with Gasteiger partial charge in [0.1, 0.15) is 23.0 Å². The van der Waals surface area contributed by atoms with Gasteiger partial charge in [0.2, 0.25) is 5.70 Å². The van der Waals surface area contributed by atoms with Gasteiger partial charge in [-0.3, -0.25) is 0 Å². The van der Waals surface area contributed by atoms with Crippen molar-refractivity contribution in [2.75, 3.05) is 13.2 Å². The van der Waals surface area contributed by atoms with Crippen molar-refractivity contribution in [2.24, 2.45) is 0 Å². The molecule has 0 spiro atoms. The molecule has 0 atom stereocenters. The highest BCUT2D eigenvalue weighted by Gasteiger charge is 2.30. The molecule has 13 heteroatoms. The zero-order valence-electron chi connectivity index (χ0n) is 29.2. The lowest BCUT2D eigenvalue weighted by Crippen LogP contribution is -2.09. The average Bonchev–Trinajstić information content (AvgIpc) is 3.65. The Hall–Kier alpha value is -6.80. The maximum atomic E-state index is 13.0. The van der Waals surface area contributed by atoms with Crippen molar-refractivity contribution in [3.05, 3.63) is 154 Å². The van der Waals surface area contributed by atoms with E-state index in [-0.39, 0.29) is 18.1 Å². The predicted octanol–water partition coefficient (Wildman–Crippen LogP) is 8.74. The molecule has 0 aliphatic carbocycles. The number of thioether (sulfide) groups is 2. The molecule has 0 saturated carbocycles. The monoisotopic (exact) mass is 770 g/mol. The highest BCUT2D eigenvalue weighted by atomic mass is 32.2. The molecular weight excluding hydrogens is 741 g/mol. The summed E-state index contributed by atoms with van der Waals surface area (Å²) in [5.41, 5.74) is 2.97. The fourth-order valence-electron chi connectivity index (χ4n) is 4.79. The third kappa shape index (κ3) is 10.4. The van der Waals surface area contributed by atoms with E-state index in [0.29, 0.717) is 72.1 Å². The molecule has 4 aromatic rings. The maximum absolute atomic E-state index is 13.0. The summed E-state index contributed by atoms with van der Waals surface area (Å²) < 4.78 is 27.8. The Bertz CT molecular complexity index is 2320. The van der Waals surface area contributed by atoms with Crippen LogP contribution in [0.1, 0.15) is 39.0 Å². The minimum atomic E-state index is -0.685. The van der Waals surface area contributed by atoms with Gasteiger partial charge in [-0.1, -0.05) is 54.9 Å². The summed E-state index contributed by atoms with van der Waals surface area (Å²) in [5, 5.41) is 9.16. The van der Waals surface area contributed by atoms with Gasteiger partial charge >= 0.3 is 23.9 Å². The Balaban J connectivity index is 1.23. The number of rotatable bonds is 14. The average molecular weight is 771 g/mol. The largest absolute Gasteiger partial charge is 0.493 e. The Morgan fingerprint density at radius 2 is 1.40 bits per heavy atom. The summed E-state index contributed by atoms with van der Waals surface area (Å²) >= 11 is 2.40. The van der Waals surface area contributed by atoms with Crippen molar-refractivity contribution in [1.82, 2.24) is 0 Å². The number of ether oxygens (including phenoxy) is 5. The third-order valence-electron chi connectivity index (χ3n) is 7.48. The van der Waals surface area contributed by atoms with E-state index in [1.807, 2.05) is 0 Å². The van der Waals surface area contributed by atoms with E-state index in [1.165, 1.54) is 41.7 Å². The van der Waals surface area contributed by atoms with Crippen LogP contribution in [0.2, 0.25) is 0 Å². The van der Waals surface area contributed by atoms with Crippen LogP contribution in [0.4, 0.5) is 0 Å². The summed E-state index contributed by atoms with van der Waals surface area (Å²) in [4.78, 5) is 53.7. The molecule has 0 bridgehead atoms. The lowest BCUT2D eigenvalue weighted by Gasteiger charge is -2.10. The lowest BCUT2D eigenvalue weighted by molar-refractivity contribution is -0.138. The zero-order chi connectivity index (χ0) is 39.3. The fraction of sp³-hybridized carbons (Fsp3) is 0.0952. The Kier molecular flexibility index (Phi) is 13.5. The number of hydrogen-bond donors (Lipinski definition) is 0. The maximum Gasteiger partial charge on any atom is 0.343 e. The van der Waals surface area contributed by atoms with Gasteiger partial charge < -0.3 is 23.7 Å². The van der Waals surface area contributed by atoms with E-state index in [4.69, 9.17) is 35.5 Å². The smallest absolute Gasteiger partial charge is 0.343 e. The number of aryl methyl sites for hydroxylation is 1. The van der Waals surface area contributed by atoms with Crippen LogP contribution in [0.15, 0.2) is 124 Å². The molecule has 0 N–H and O–H groups in total. The Labute approximate surface area is 325 Å². The number of hydrogen-bond acceptors (Lipinski definition) is 12. The molecule has 0 aromatic heterocycles. The SMILES string of the molecule is [C-]#[N+]/C(=C1/Sc2c(OC(=O)C=C)ccc(OC(=O)/C=C/c3ccc(OC(=O)c4ccc(OCCCOC(=O)C=C)cc4)c(C)c3)c2S1)c1ccc(C#N)cc1. The van der Waals surface area contributed by atoms with Crippen molar-refractivity contribution < 1.29 is 42.9 Å². The highest BCUT2D eigenvalue weighted by Crippen LogP contribution is 2.60. The topological polar surface area (TPSA) is 143 Å². The number of benzene rings is 4. The predicted molar refractivity (Wildman–Crippen MR) is 207 cm³/mol. The van der Waals surface area contributed by atoms with Crippen LogP contribution in [0.25, 0.3) is 16.6 Å². The van der Waals surface area contributed by atoms with Gasteiger partial charge in [-0.05, 0) is 90.4 Å². The molecule has 1 heterocycles. The molecule has 0 unspecified atom stereocenters. The van der Waals surface area contributed by atoms with Crippen molar-refractivity contribution in [3.63, 3.8) is 0 Å². The lowest BCUT2D eigenvalue weighted by atomic mass is 10.1. The van der Waals surface area contributed by atoms with Crippen molar-refractivity contribution in [3.8, 4) is 29.1 Å². The summed E-state index contributed by atoms with van der Waals surface area (Å²) in [6.07, 6.45) is 5.42. The molecule has 0 fully saturated rings. The molecule has 0 saturated heterocycles. The van der Waals surface area contributed by atoms with E-state index in [1.54, 1.807) is 79.7 Å². The van der Waals surface area contributed by atoms with Gasteiger partial charge in [0, 0.05) is 24.6 Å². The molecule has 5 rings (SSSR count). The van der Waals surface area contributed by atoms with E-state index in [0.717, 1.165) is 12.2 Å². The second kappa shape index (κ2) is 18.8. The quantitative estimate of drug-likeness (QED) is 0.0398. The minimum Gasteiger partial charge on any atom is -0.493 e. The first kappa shape index (κ1) is 39.4. The molecular formula is C42H30N2O9S2. The third-order valence-corrected chi connectivity index (χ3v) is 10.1. The number of nitriles is 1. The fourth-order valence-corrected chi connectivity index (χ4v) is 7.40. The molecule has 55 heavy (non-hydrogen) atoms. The van der Waals surface area contributed by atoms with Crippen molar-refractivity contribution in [1.29, 1.82) is 5.26 Å². The standard InChI is InChI=1S/C42H30N2O9S2/c1-5-35(45)50-23-7-22-49-31-16-14-30(15-17-31)41(48)53-32-18-10-27(24-26(32)3)11-21-37(47)52-34-20-19-33(51-36(46)6-2)39-40(34)55-42(54-39)38(44-4)29-12-8-28(25-43)9-13-29/h5-6,8-21,24H,1-2,7,22-23H2,3H3/b21-11+,42-38-. The molecule has 0 radical (unpaired) electrons. The van der Waals surface area contributed by atoms with Crippen molar-refractivity contribution in [2.45, 2.75) is 23.1 Å². The summed E-state index contributed by atoms with van der Waals surface area (Å²) in [7, 11) is 0. The molecule has 1 aliphatic heterocycles. The summed E-state index contributed by atoms with van der Waals surface area (Å²) in [5.74, 6) is -1.13. The number of carbonyl (C=O) groups excluding carboxylic acids is 4. The second-order valence-corrected chi connectivity index (χ2v) is 13.6. The van der Waals surface area contributed by atoms with Crippen molar-refractivity contribution >= 4 is 59.2 Å². The first-order valence-corrected chi connectivity index (χ1v) is 18.0. The number of esters is 4. The van der Waals surface area contributed by atoms with Gasteiger partial charge in [-0.25, -0.2) is 24.0 Å². The first-order valence-electron chi connectivity index (χ1n) is 16.4. The van der Waals surface area contributed by atoms with Crippen LogP contribution in [-0.2, 0) is 19.1 Å². The Morgan fingerprint density at radius 1 is 0.782 bits per heavy atom. The van der Waals surface area contributed by atoms with Crippen LogP contribution < -0.4 is 18.9 Å². The number of fused-ring (bicyclic) bond motifs is 1. The van der Waals surface area contributed by atoms with Crippen LogP contribution in [0.3, 0.4) is 0 Å². The molecule has 1 aliphatic rings. The molecule has 0 amide bonds. The molecule has 4 aromatic carbocycles. The Morgan fingerprint density at radius 3 is 2.00 bits per heavy atom. The second-order valence-electron chi connectivity index (χ2n) is 11.3. The van der Waals surface area contributed by atoms with Gasteiger partial charge in [-0.15, -0.1) is 0 Å². The van der Waals surface area contributed by atoms with Gasteiger partial charge in [0.15, 0.2) is 0 Å². The zero-order valence-corrected chi connectivity index (χ0v) is 30.9. The minimum absolute atomic E-state index is 0.198. The van der Waals surface area contributed by atoms with E-state index < -0.39 is 23.9 Å². The normalized spacial score (nSPS) is 12.3. The number of carbonyl (C=O) groups is 4. The summed E-state index contributed by atoms with van der Waals surface area (Å²) in [6, 6.07) is 23.2. The van der Waals surface area contributed by atoms with E-state index in [9.17, 15) is 19.2 Å². The van der Waals surface area contributed by atoms with E-state index >= 15 is 0 Å².